The number of nitrogens with zero attached hydrogens (tertiary/aromatic N) is 13. The number of likely N-dealkylation sites (N-methyl/N-ethyl adjacent to an activating group) is 3. The van der Waals surface area contributed by atoms with E-state index in [0.717, 1.165) is 80.2 Å². The van der Waals surface area contributed by atoms with Crippen LogP contribution in [0.3, 0.4) is 0 Å². The lowest BCUT2D eigenvalue weighted by atomic mass is 10.1. The van der Waals surface area contributed by atoms with Gasteiger partial charge in [-0.15, -0.1) is 0 Å². The third kappa shape index (κ3) is 15.1. The van der Waals surface area contributed by atoms with E-state index < -0.39 is 0 Å². The van der Waals surface area contributed by atoms with Crippen LogP contribution in [0.1, 0.15) is 112 Å². The number of imidazole rings is 1. The molecule has 91 heavy (non-hydrogen) atoms. The van der Waals surface area contributed by atoms with Gasteiger partial charge in [0.15, 0.2) is 0 Å². The summed E-state index contributed by atoms with van der Waals surface area (Å²) in [4.78, 5) is 105. The van der Waals surface area contributed by atoms with Gasteiger partial charge < -0.3 is 50.3 Å². The number of pyridine rings is 3. The zero-order chi connectivity index (χ0) is 64.6. The summed E-state index contributed by atoms with van der Waals surface area (Å²) in [6.07, 6.45) is 11.0. The zero-order valence-corrected chi connectivity index (χ0v) is 53.3. The molecule has 0 spiro atoms. The second-order valence-electron chi connectivity index (χ2n) is 23.8. The van der Waals surface area contributed by atoms with Crippen LogP contribution in [0.25, 0.3) is 32.8 Å². The SMILES string of the molecule is CC(=O)N(C)[C@H]1CCN(C(=O)c2ccc(NCc3c(C)ccc4[nH]c(C)nc34)nc2)C1.CC(=O)N(C)[C@H]1CCN(C(=O)c2ccc(NCc3cccc4[nH]ncc34)nc2)C1.CC(=O)N(C)[C@H]1CCN(C(=O)c2ccc(N[C@@H](C)c3ccc4nn(C)cc4c3)nc2)C1. The first-order chi connectivity index (χ1) is 43.7. The minimum atomic E-state index is -0.0499. The molecule has 6 aromatic heterocycles. The number of fused-ring (bicyclic) bond motifs is 3. The van der Waals surface area contributed by atoms with Gasteiger partial charge in [-0.05, 0) is 117 Å². The summed E-state index contributed by atoms with van der Waals surface area (Å²) in [5, 5.41) is 23.6. The number of aryl methyl sites for hydroxylation is 3. The van der Waals surface area contributed by atoms with E-state index in [4.69, 9.17) is 0 Å². The van der Waals surface area contributed by atoms with Gasteiger partial charge >= 0.3 is 0 Å². The number of likely N-dealkylation sites (tertiary alicyclic amines) is 3. The van der Waals surface area contributed by atoms with Crippen LogP contribution in [-0.4, -0.2) is 188 Å². The van der Waals surface area contributed by atoms with Crippen molar-refractivity contribution in [3.63, 3.8) is 0 Å². The van der Waals surface area contributed by atoms with Gasteiger partial charge in [0.25, 0.3) is 17.7 Å². The molecule has 0 radical (unpaired) electrons. The van der Waals surface area contributed by atoms with Gasteiger partial charge in [0, 0.05) is 148 Å². The number of carbonyl (C=O) groups excluding carboxylic acids is 6. The number of benzene rings is 3. The van der Waals surface area contributed by atoms with Crippen LogP contribution in [-0.2, 0) is 34.5 Å². The van der Waals surface area contributed by atoms with Crippen LogP contribution in [0.4, 0.5) is 17.5 Å². The Balaban J connectivity index is 0.000000150. The summed E-state index contributed by atoms with van der Waals surface area (Å²) in [5.74, 6) is 2.93. The molecule has 3 aliphatic heterocycles. The number of H-pyrrole nitrogens is 2. The Morgan fingerprint density at radius 1 is 0.615 bits per heavy atom. The maximum Gasteiger partial charge on any atom is 0.255 e. The Morgan fingerprint density at radius 2 is 1.13 bits per heavy atom. The molecule has 3 aromatic carbocycles. The minimum absolute atomic E-state index is 0.0207. The summed E-state index contributed by atoms with van der Waals surface area (Å²) in [5.41, 5.74) is 10.2. The van der Waals surface area contributed by atoms with Crippen molar-refractivity contribution in [1.29, 1.82) is 0 Å². The zero-order valence-electron chi connectivity index (χ0n) is 53.3. The maximum absolute atomic E-state index is 12.8. The Morgan fingerprint density at radius 3 is 1.64 bits per heavy atom. The summed E-state index contributed by atoms with van der Waals surface area (Å²) < 4.78 is 1.81. The van der Waals surface area contributed by atoms with Gasteiger partial charge in [0.1, 0.15) is 23.3 Å². The van der Waals surface area contributed by atoms with E-state index in [1.54, 1.807) is 108 Å². The van der Waals surface area contributed by atoms with Crippen molar-refractivity contribution in [2.45, 2.75) is 98.1 Å². The molecular weight excluding hydrogens is 1150 g/mol. The van der Waals surface area contributed by atoms with Crippen LogP contribution in [0, 0.1) is 13.8 Å². The van der Waals surface area contributed by atoms with Crippen LogP contribution in [0.5, 0.6) is 0 Å². The largest absolute Gasteiger partial charge is 0.366 e. The van der Waals surface area contributed by atoms with Gasteiger partial charge in [0.2, 0.25) is 17.7 Å². The average molecular weight is 1230 g/mol. The molecule has 6 amide bonds. The van der Waals surface area contributed by atoms with Crippen LogP contribution in [0.2, 0.25) is 0 Å². The number of anilines is 3. The van der Waals surface area contributed by atoms with Gasteiger partial charge in [-0.2, -0.15) is 10.2 Å². The number of aromatic amines is 2. The molecule has 0 saturated carbocycles. The van der Waals surface area contributed by atoms with E-state index in [0.29, 0.717) is 86.5 Å². The molecule has 9 heterocycles. The van der Waals surface area contributed by atoms with Crippen molar-refractivity contribution in [3.05, 3.63) is 161 Å². The molecule has 3 saturated heterocycles. The highest BCUT2D eigenvalue weighted by molar-refractivity contribution is 5.96. The first-order valence-electron chi connectivity index (χ1n) is 30.7. The fourth-order valence-electron chi connectivity index (χ4n) is 11.8. The Bertz CT molecular complexity index is 4090. The molecule has 24 heteroatoms. The van der Waals surface area contributed by atoms with Crippen molar-refractivity contribution in [2.24, 2.45) is 7.05 Å². The quantitative estimate of drug-likeness (QED) is 0.0651. The minimum Gasteiger partial charge on any atom is -0.366 e. The Hall–Kier alpha value is -10.3. The molecule has 474 valence electrons. The van der Waals surface area contributed by atoms with Crippen molar-refractivity contribution in [2.75, 3.05) is 76.4 Å². The molecule has 5 N–H and O–H groups in total. The van der Waals surface area contributed by atoms with Gasteiger partial charge in [-0.25, -0.2) is 19.9 Å². The van der Waals surface area contributed by atoms with Gasteiger partial charge in [-0.3, -0.25) is 38.5 Å². The first kappa shape index (κ1) is 63.7. The second kappa shape index (κ2) is 28.1. The van der Waals surface area contributed by atoms with Crippen LogP contribution in [0.15, 0.2) is 116 Å². The lowest BCUT2D eigenvalue weighted by Gasteiger charge is -2.23. The van der Waals surface area contributed by atoms with E-state index in [-0.39, 0.29) is 59.6 Å². The third-order valence-electron chi connectivity index (χ3n) is 17.6. The number of amides is 6. The van der Waals surface area contributed by atoms with Crippen molar-refractivity contribution in [1.82, 2.24) is 74.3 Å². The summed E-state index contributed by atoms with van der Waals surface area (Å²) in [6.45, 7) is 15.6. The highest BCUT2D eigenvalue weighted by atomic mass is 16.2. The van der Waals surface area contributed by atoms with E-state index >= 15 is 0 Å². The Labute approximate surface area is 528 Å². The average Bonchev–Trinajstić information content (AvgIpc) is 2.37. The molecular formula is C67H80N18O6. The second-order valence-corrected chi connectivity index (χ2v) is 23.8. The fraction of sp³-hybridized carbons (Fsp3) is 0.373. The summed E-state index contributed by atoms with van der Waals surface area (Å²) in [6, 6.07) is 27.5. The summed E-state index contributed by atoms with van der Waals surface area (Å²) in [7, 11) is 7.27. The number of nitrogens with one attached hydrogen (secondary N) is 5. The topological polar surface area (TPSA) is 272 Å². The number of hydrogen-bond donors (Lipinski definition) is 5. The predicted molar refractivity (Wildman–Crippen MR) is 350 cm³/mol. The molecule has 0 unspecified atom stereocenters. The monoisotopic (exact) mass is 1230 g/mol. The van der Waals surface area contributed by atoms with Crippen molar-refractivity contribution >= 4 is 85.7 Å². The fourth-order valence-corrected chi connectivity index (χ4v) is 11.8. The molecule has 3 fully saturated rings. The maximum atomic E-state index is 12.8. The van der Waals surface area contributed by atoms with E-state index in [1.165, 1.54) is 0 Å². The molecule has 4 atom stereocenters. The number of rotatable bonds is 15. The van der Waals surface area contributed by atoms with Crippen LogP contribution >= 0.6 is 0 Å². The normalized spacial score (nSPS) is 16.4. The molecule has 3 aliphatic rings. The van der Waals surface area contributed by atoms with Gasteiger partial charge in [0.05, 0.1) is 63.1 Å². The van der Waals surface area contributed by atoms with Crippen molar-refractivity contribution < 1.29 is 28.8 Å². The van der Waals surface area contributed by atoms with Crippen molar-refractivity contribution in [3.8, 4) is 0 Å². The lowest BCUT2D eigenvalue weighted by Crippen LogP contribution is -2.38. The highest BCUT2D eigenvalue weighted by Gasteiger charge is 2.33. The third-order valence-corrected chi connectivity index (χ3v) is 17.6. The molecule has 12 rings (SSSR count). The molecule has 9 aromatic rings. The Kier molecular flexibility index (Phi) is 19.7. The highest BCUT2D eigenvalue weighted by Crippen LogP contribution is 2.27. The van der Waals surface area contributed by atoms with Gasteiger partial charge in [-0.1, -0.05) is 24.3 Å². The number of hydrogen-bond acceptors (Lipinski definition) is 15. The smallest absolute Gasteiger partial charge is 0.255 e. The van der Waals surface area contributed by atoms with E-state index in [1.807, 2.05) is 79.6 Å². The van der Waals surface area contributed by atoms with E-state index in [2.05, 4.69) is 88.2 Å². The number of carbonyl (C=O) groups is 6. The molecule has 24 nitrogen and oxygen atoms in total. The number of aromatic nitrogens is 9. The predicted octanol–water partition coefficient (Wildman–Crippen LogP) is 7.98. The van der Waals surface area contributed by atoms with Crippen LogP contribution < -0.4 is 16.0 Å². The molecule has 0 aliphatic carbocycles. The lowest BCUT2D eigenvalue weighted by molar-refractivity contribution is -0.130. The van der Waals surface area contributed by atoms with E-state index in [9.17, 15) is 28.8 Å². The first-order valence-corrected chi connectivity index (χ1v) is 30.7. The summed E-state index contributed by atoms with van der Waals surface area (Å²) >= 11 is 0. The standard InChI is InChI=1S/2C23H28N6O2.C21H24N6O2/c1-15(17-5-7-21-19(11-17)13-27(3)26-21)25-22-8-6-18(12-24-22)23(31)29-10-9-20(14-29)28(4)16(2)30;1-14-5-7-20-22(27-15(2)26-20)19(14)12-25-21-8-6-17(11-24-21)23(31)29-10-9-18(13-29)28(4)16(3)30;1-14(28)26(2)17-8-9-27(13-17)21(29)16-6-7-20(23-11-16)22-10-15-4-3-5-19-18(15)12-24-25-19/h5-8,11-13,15,20H,9-10,14H2,1-4H3,(H,24,25);5-8,11,18H,9-10,12-13H2,1-4H3,(H,24,25)(H,26,27);3-7,11-12,17H,8-10,13H2,1-2H3,(H,22,23)(H,24,25)/t15-,20-;18-;17-/m000/s1. The molecule has 0 bridgehead atoms.